The fourth-order valence-electron chi connectivity index (χ4n) is 2.40. The van der Waals surface area contributed by atoms with Crippen LogP contribution >= 0.6 is 15.9 Å². The zero-order valence-electron chi connectivity index (χ0n) is 11.5. The molecule has 0 saturated carbocycles. The summed E-state index contributed by atoms with van der Waals surface area (Å²) < 4.78 is 6.09. The van der Waals surface area contributed by atoms with Crippen LogP contribution in [0.2, 0.25) is 0 Å². The summed E-state index contributed by atoms with van der Waals surface area (Å²) in [6, 6.07) is 13.3. The molecule has 1 atom stereocenters. The minimum absolute atomic E-state index is 0.0170. The zero-order valence-corrected chi connectivity index (χ0v) is 13.1. The van der Waals surface area contributed by atoms with Gasteiger partial charge < -0.3 is 10.1 Å². The molecular weight excluding hydrogens is 332 g/mol. The average molecular weight is 347 g/mol. The lowest BCUT2D eigenvalue weighted by molar-refractivity contribution is -0.117. The predicted molar refractivity (Wildman–Crippen MR) is 85.3 cm³/mol. The molecule has 0 spiro atoms. The van der Waals surface area contributed by atoms with Crippen LogP contribution in [0.4, 0.5) is 5.69 Å². The number of fused-ring (bicyclic) bond motifs is 1. The number of amides is 1. The van der Waals surface area contributed by atoms with Crippen molar-refractivity contribution in [3.8, 4) is 5.75 Å². The van der Waals surface area contributed by atoms with Crippen molar-refractivity contribution in [2.45, 2.75) is 12.6 Å². The molecule has 5 heteroatoms. The van der Waals surface area contributed by atoms with Gasteiger partial charge in [-0.3, -0.25) is 10.1 Å². The quantitative estimate of drug-likeness (QED) is 0.893. The first kappa shape index (κ1) is 14.1. The molecule has 4 nitrogen and oxygen atoms in total. The summed E-state index contributed by atoms with van der Waals surface area (Å²) >= 11 is 3.41. The molecule has 108 valence electrons. The van der Waals surface area contributed by atoms with Gasteiger partial charge in [0.05, 0.1) is 7.11 Å². The molecule has 21 heavy (non-hydrogen) atoms. The van der Waals surface area contributed by atoms with E-state index in [2.05, 4.69) is 26.6 Å². The topological polar surface area (TPSA) is 50.4 Å². The Hall–Kier alpha value is -1.85. The van der Waals surface area contributed by atoms with Gasteiger partial charge in [-0.1, -0.05) is 34.1 Å². The maximum atomic E-state index is 12.1. The van der Waals surface area contributed by atoms with Crippen molar-refractivity contribution in [2.75, 3.05) is 12.4 Å². The fourth-order valence-corrected chi connectivity index (χ4v) is 2.76. The lowest BCUT2D eigenvalue weighted by Gasteiger charge is -2.12. The molecule has 0 aromatic heterocycles. The summed E-state index contributed by atoms with van der Waals surface area (Å²) in [6.07, 6.45) is 0. The van der Waals surface area contributed by atoms with Crippen LogP contribution in [0.25, 0.3) is 0 Å². The molecule has 2 aromatic rings. The van der Waals surface area contributed by atoms with Crippen molar-refractivity contribution in [1.82, 2.24) is 5.32 Å². The average Bonchev–Trinajstić information content (AvgIpc) is 2.80. The standard InChI is InChI=1S/C16H15BrN2O2/c1-21-12-5-2-10(3-6-12)9-18-15-13-7-4-11(17)8-14(13)19-16(15)20/h2-8,15,18H,9H2,1H3,(H,19,20). The summed E-state index contributed by atoms with van der Waals surface area (Å²) in [4.78, 5) is 12.1. The lowest BCUT2D eigenvalue weighted by Crippen LogP contribution is -2.27. The Labute approximate surface area is 131 Å². The summed E-state index contributed by atoms with van der Waals surface area (Å²) in [5.41, 5.74) is 2.95. The number of halogens is 1. The van der Waals surface area contributed by atoms with Crippen molar-refractivity contribution >= 4 is 27.5 Å². The Morgan fingerprint density at radius 3 is 2.71 bits per heavy atom. The van der Waals surface area contributed by atoms with E-state index in [-0.39, 0.29) is 11.9 Å². The third-order valence-corrected chi connectivity index (χ3v) is 4.01. The molecule has 0 radical (unpaired) electrons. The number of hydrogen-bond acceptors (Lipinski definition) is 3. The Bertz CT molecular complexity index is 670. The summed E-state index contributed by atoms with van der Waals surface area (Å²) in [6.45, 7) is 0.623. The second kappa shape index (κ2) is 5.87. The second-order valence-electron chi connectivity index (χ2n) is 4.88. The molecule has 0 saturated heterocycles. The van der Waals surface area contributed by atoms with Crippen LogP contribution in [-0.4, -0.2) is 13.0 Å². The van der Waals surface area contributed by atoms with Crippen molar-refractivity contribution in [2.24, 2.45) is 0 Å². The zero-order chi connectivity index (χ0) is 14.8. The normalized spacial score (nSPS) is 16.5. The number of methoxy groups -OCH3 is 1. The maximum absolute atomic E-state index is 12.1. The van der Waals surface area contributed by atoms with Crippen molar-refractivity contribution in [3.63, 3.8) is 0 Å². The van der Waals surface area contributed by atoms with E-state index in [0.29, 0.717) is 6.54 Å². The molecule has 0 fully saturated rings. The van der Waals surface area contributed by atoms with E-state index >= 15 is 0 Å². The van der Waals surface area contributed by atoms with Crippen LogP contribution in [0.3, 0.4) is 0 Å². The number of rotatable bonds is 4. The summed E-state index contributed by atoms with van der Waals surface area (Å²) in [7, 11) is 1.64. The van der Waals surface area contributed by atoms with Gasteiger partial charge in [0.2, 0.25) is 5.91 Å². The van der Waals surface area contributed by atoms with Crippen LogP contribution < -0.4 is 15.4 Å². The molecule has 0 aliphatic carbocycles. The number of carbonyl (C=O) groups excluding carboxylic acids is 1. The highest BCUT2D eigenvalue weighted by atomic mass is 79.9. The number of ether oxygens (including phenoxy) is 1. The summed E-state index contributed by atoms with van der Waals surface area (Å²) in [5, 5.41) is 6.18. The van der Waals surface area contributed by atoms with E-state index < -0.39 is 0 Å². The number of hydrogen-bond donors (Lipinski definition) is 2. The first-order chi connectivity index (χ1) is 10.2. The van der Waals surface area contributed by atoms with Gasteiger partial charge in [0.25, 0.3) is 0 Å². The van der Waals surface area contributed by atoms with Gasteiger partial charge in [-0.25, -0.2) is 0 Å². The number of benzene rings is 2. The van der Waals surface area contributed by atoms with Gasteiger partial charge in [0, 0.05) is 22.3 Å². The van der Waals surface area contributed by atoms with Crippen LogP contribution in [0.5, 0.6) is 5.75 Å². The predicted octanol–water partition coefficient (Wildman–Crippen LogP) is 3.24. The molecule has 2 aromatic carbocycles. The highest BCUT2D eigenvalue weighted by molar-refractivity contribution is 9.10. The first-order valence-electron chi connectivity index (χ1n) is 6.64. The Kier molecular flexibility index (Phi) is 3.94. The van der Waals surface area contributed by atoms with Gasteiger partial charge in [0.15, 0.2) is 0 Å². The smallest absolute Gasteiger partial charge is 0.246 e. The van der Waals surface area contributed by atoms with Crippen molar-refractivity contribution in [3.05, 3.63) is 58.1 Å². The number of carbonyl (C=O) groups is 1. The molecule has 2 N–H and O–H groups in total. The fraction of sp³-hybridized carbons (Fsp3) is 0.188. The molecule has 0 bridgehead atoms. The van der Waals surface area contributed by atoms with E-state index in [9.17, 15) is 4.79 Å². The molecule has 1 amide bonds. The third kappa shape index (κ3) is 2.94. The van der Waals surface area contributed by atoms with Gasteiger partial charge in [-0.2, -0.15) is 0 Å². The SMILES string of the molecule is COc1ccc(CNC2C(=O)Nc3cc(Br)ccc32)cc1. The number of nitrogens with one attached hydrogen (secondary N) is 2. The lowest BCUT2D eigenvalue weighted by atomic mass is 10.1. The van der Waals surface area contributed by atoms with Crippen LogP contribution in [0.15, 0.2) is 46.9 Å². The Morgan fingerprint density at radius 1 is 1.24 bits per heavy atom. The van der Waals surface area contributed by atoms with E-state index in [1.54, 1.807) is 7.11 Å². The minimum atomic E-state index is -0.310. The van der Waals surface area contributed by atoms with Gasteiger partial charge in [-0.15, -0.1) is 0 Å². The molecule has 1 aliphatic heterocycles. The molecular formula is C16H15BrN2O2. The van der Waals surface area contributed by atoms with Crippen molar-refractivity contribution < 1.29 is 9.53 Å². The van der Waals surface area contributed by atoms with E-state index in [1.807, 2.05) is 42.5 Å². The maximum Gasteiger partial charge on any atom is 0.246 e. The third-order valence-electron chi connectivity index (χ3n) is 3.52. The van der Waals surface area contributed by atoms with E-state index in [4.69, 9.17) is 4.74 Å². The molecule has 3 rings (SSSR count). The van der Waals surface area contributed by atoms with Crippen LogP contribution in [0, 0.1) is 0 Å². The van der Waals surface area contributed by atoms with Gasteiger partial charge >= 0.3 is 0 Å². The van der Waals surface area contributed by atoms with Crippen molar-refractivity contribution in [1.29, 1.82) is 0 Å². The minimum Gasteiger partial charge on any atom is -0.497 e. The summed E-state index contributed by atoms with van der Waals surface area (Å²) in [5.74, 6) is 0.809. The van der Waals surface area contributed by atoms with Gasteiger partial charge in [0.1, 0.15) is 11.8 Å². The molecule has 1 heterocycles. The Morgan fingerprint density at radius 2 is 2.00 bits per heavy atom. The van der Waals surface area contributed by atoms with E-state index in [0.717, 1.165) is 27.0 Å². The monoisotopic (exact) mass is 346 g/mol. The van der Waals surface area contributed by atoms with Crippen LogP contribution in [0.1, 0.15) is 17.2 Å². The molecule has 1 unspecified atom stereocenters. The number of anilines is 1. The van der Waals surface area contributed by atoms with Gasteiger partial charge in [-0.05, 0) is 29.8 Å². The first-order valence-corrected chi connectivity index (χ1v) is 7.43. The highest BCUT2D eigenvalue weighted by Crippen LogP contribution is 2.33. The Balaban J connectivity index is 1.72. The van der Waals surface area contributed by atoms with E-state index in [1.165, 1.54) is 0 Å². The molecule has 1 aliphatic rings. The second-order valence-corrected chi connectivity index (χ2v) is 5.80. The highest BCUT2D eigenvalue weighted by Gasteiger charge is 2.29. The largest absolute Gasteiger partial charge is 0.497 e. The van der Waals surface area contributed by atoms with Crippen LogP contribution in [-0.2, 0) is 11.3 Å².